The molecule has 0 unspecified atom stereocenters. The Hall–Kier alpha value is -5.00. The molecule has 0 fully saturated rings. The molecule has 0 saturated heterocycles. The molecule has 0 aromatic heterocycles. The Morgan fingerprint density at radius 2 is 0.921 bits per heavy atom. The summed E-state index contributed by atoms with van der Waals surface area (Å²) in [4.78, 5) is 48.1. The van der Waals surface area contributed by atoms with E-state index in [9.17, 15) is 39.6 Å². The molecule has 0 aliphatic rings. The lowest BCUT2D eigenvalue weighted by Gasteiger charge is -2.23. The lowest BCUT2D eigenvalue weighted by Crippen LogP contribution is -2.41. The Kier molecular flexibility index (Phi) is 9.85. The quantitative estimate of drug-likeness (QED) is 0.279. The first-order valence-corrected chi connectivity index (χ1v) is 11.4. The average Bonchev–Trinajstić information content (AvgIpc) is 2.88. The topological polar surface area (TPSA) is 149 Å². The molecule has 4 N–H and O–H groups in total. The van der Waals surface area contributed by atoms with Crippen molar-refractivity contribution in [3.8, 4) is 35.5 Å². The lowest BCUT2D eigenvalue weighted by atomic mass is 9.77. The number of carboxylic acids is 4. The monoisotopic (exact) mass is 514 g/mol. The van der Waals surface area contributed by atoms with Gasteiger partial charge in [-0.25, -0.2) is 0 Å². The van der Waals surface area contributed by atoms with Crippen LogP contribution in [0.3, 0.4) is 0 Å². The number of carboxylic acid groups (broad SMARTS) is 4. The zero-order valence-electron chi connectivity index (χ0n) is 20.9. The van der Waals surface area contributed by atoms with Crippen LogP contribution in [-0.2, 0) is 32.0 Å². The number of hydrogen-bond donors (Lipinski definition) is 4. The summed E-state index contributed by atoms with van der Waals surface area (Å²) in [5, 5.41) is 39.1. The predicted octanol–water partition coefficient (Wildman–Crippen LogP) is 3.31. The van der Waals surface area contributed by atoms with Gasteiger partial charge in [0.2, 0.25) is 0 Å². The van der Waals surface area contributed by atoms with E-state index >= 15 is 0 Å². The molecule has 0 heterocycles. The lowest BCUT2D eigenvalue weighted by molar-refractivity contribution is -0.166. The molecule has 0 bridgehead atoms. The maximum Gasteiger partial charge on any atom is 0.322 e. The van der Waals surface area contributed by atoms with E-state index in [-0.39, 0.29) is 12.8 Å². The Morgan fingerprint density at radius 1 is 0.605 bits per heavy atom. The molecule has 194 valence electrons. The van der Waals surface area contributed by atoms with Crippen molar-refractivity contribution in [3.05, 3.63) is 70.8 Å². The zero-order chi connectivity index (χ0) is 28.3. The van der Waals surface area contributed by atoms with Gasteiger partial charge in [-0.05, 0) is 37.1 Å². The van der Waals surface area contributed by atoms with Crippen LogP contribution in [0.2, 0.25) is 0 Å². The summed E-state index contributed by atoms with van der Waals surface area (Å²) < 4.78 is 0. The fraction of sp³-hybridized carbons (Fsp3) is 0.267. The van der Waals surface area contributed by atoms with E-state index in [0.29, 0.717) is 22.3 Å². The first-order chi connectivity index (χ1) is 18.0. The molecule has 38 heavy (non-hydrogen) atoms. The van der Waals surface area contributed by atoms with E-state index < -0.39 is 47.5 Å². The molecule has 2 aromatic carbocycles. The number of aliphatic carboxylic acids is 4. The largest absolute Gasteiger partial charge is 0.480 e. The van der Waals surface area contributed by atoms with Gasteiger partial charge >= 0.3 is 23.9 Å². The highest BCUT2D eigenvalue weighted by molar-refractivity contribution is 5.99. The van der Waals surface area contributed by atoms with Gasteiger partial charge in [0.25, 0.3) is 0 Å². The van der Waals surface area contributed by atoms with Crippen LogP contribution in [0.1, 0.15) is 48.9 Å². The van der Waals surface area contributed by atoms with Crippen molar-refractivity contribution in [3.63, 3.8) is 0 Å². The van der Waals surface area contributed by atoms with Crippen LogP contribution in [0.5, 0.6) is 0 Å². The fourth-order valence-electron chi connectivity index (χ4n) is 3.77. The van der Waals surface area contributed by atoms with Crippen LogP contribution in [0.4, 0.5) is 0 Å². The second-order valence-corrected chi connectivity index (χ2v) is 8.51. The summed E-state index contributed by atoms with van der Waals surface area (Å²) in [6.07, 6.45) is -1.52. The maximum atomic E-state index is 12.0. The first kappa shape index (κ1) is 29.2. The minimum absolute atomic E-state index is 0.365. The van der Waals surface area contributed by atoms with Crippen molar-refractivity contribution in [2.75, 3.05) is 0 Å². The van der Waals surface area contributed by atoms with Crippen LogP contribution in [0.15, 0.2) is 48.5 Å². The fourth-order valence-corrected chi connectivity index (χ4v) is 3.77. The van der Waals surface area contributed by atoms with Gasteiger partial charge in [0.15, 0.2) is 10.8 Å². The molecule has 0 radical (unpaired) electrons. The second kappa shape index (κ2) is 12.8. The molecule has 2 rings (SSSR count). The van der Waals surface area contributed by atoms with Gasteiger partial charge in [0, 0.05) is 36.8 Å². The molecule has 2 aromatic rings. The predicted molar refractivity (Wildman–Crippen MR) is 138 cm³/mol. The summed E-state index contributed by atoms with van der Waals surface area (Å²) in [6, 6.07) is 13.0. The molecule has 8 heteroatoms. The van der Waals surface area contributed by atoms with Gasteiger partial charge in [0.1, 0.15) is 0 Å². The van der Waals surface area contributed by atoms with Crippen molar-refractivity contribution in [1.29, 1.82) is 0 Å². The summed E-state index contributed by atoms with van der Waals surface area (Å²) >= 11 is 0. The molecule has 0 saturated carbocycles. The van der Waals surface area contributed by atoms with Crippen molar-refractivity contribution >= 4 is 23.9 Å². The van der Waals surface area contributed by atoms with E-state index in [1.807, 2.05) is 0 Å². The average molecular weight is 515 g/mol. The molecule has 8 nitrogen and oxygen atoms in total. The molecular formula is C30H26O8. The van der Waals surface area contributed by atoms with Crippen LogP contribution < -0.4 is 0 Å². The van der Waals surface area contributed by atoms with E-state index in [2.05, 4.69) is 35.5 Å². The molecule has 0 aliphatic carbocycles. The number of benzene rings is 2. The van der Waals surface area contributed by atoms with Crippen molar-refractivity contribution < 1.29 is 39.6 Å². The van der Waals surface area contributed by atoms with Crippen LogP contribution in [0, 0.1) is 46.4 Å². The normalized spacial score (nSPS) is 10.5. The highest BCUT2D eigenvalue weighted by atomic mass is 16.4. The summed E-state index contributed by atoms with van der Waals surface area (Å²) in [5.74, 6) is 9.95. The van der Waals surface area contributed by atoms with E-state index in [0.717, 1.165) is 0 Å². The summed E-state index contributed by atoms with van der Waals surface area (Å²) in [7, 11) is 0. The van der Waals surface area contributed by atoms with Gasteiger partial charge in [-0.2, -0.15) is 0 Å². The Morgan fingerprint density at radius 3 is 1.21 bits per heavy atom. The van der Waals surface area contributed by atoms with Gasteiger partial charge in [0.05, 0.1) is 0 Å². The summed E-state index contributed by atoms with van der Waals surface area (Å²) in [5.41, 5.74) is -2.85. The molecular weight excluding hydrogens is 488 g/mol. The van der Waals surface area contributed by atoms with Crippen LogP contribution >= 0.6 is 0 Å². The first-order valence-electron chi connectivity index (χ1n) is 11.4. The standard InChI is InChI=1S/C30H26O8/c1-3-5-17-29(25(31)32,26(33)34)19-23-13-9-7-11-21(23)15-16-22-12-8-10-14-24(22)20-30(27(35)36,28(37)38)18-6-4-2/h7-14H,17-20H2,1-2H3,(H,31,32)(H,33,34)(H,35,36)(H,37,38). The van der Waals surface area contributed by atoms with Crippen LogP contribution in [0.25, 0.3) is 0 Å². The Bertz CT molecular complexity index is 1300. The number of carbonyl (C=O) groups is 4. The Labute approximate surface area is 220 Å². The van der Waals surface area contributed by atoms with E-state index in [4.69, 9.17) is 0 Å². The highest BCUT2D eigenvalue weighted by Gasteiger charge is 2.47. The van der Waals surface area contributed by atoms with Crippen molar-refractivity contribution in [1.82, 2.24) is 0 Å². The van der Waals surface area contributed by atoms with E-state index in [1.165, 1.54) is 13.8 Å². The van der Waals surface area contributed by atoms with Gasteiger partial charge in [-0.1, -0.05) is 48.2 Å². The van der Waals surface area contributed by atoms with E-state index in [1.54, 1.807) is 48.5 Å². The van der Waals surface area contributed by atoms with Crippen molar-refractivity contribution in [2.24, 2.45) is 10.8 Å². The third-order valence-corrected chi connectivity index (χ3v) is 6.12. The SMILES string of the molecule is CC#CCC(Cc1ccccc1C#Cc1ccccc1CC(CC#CC)(C(=O)O)C(=O)O)(C(=O)O)C(=O)O. The minimum Gasteiger partial charge on any atom is -0.480 e. The Balaban J connectivity index is 2.57. The number of rotatable bonds is 10. The third kappa shape index (κ3) is 6.40. The second-order valence-electron chi connectivity index (χ2n) is 8.51. The zero-order valence-corrected chi connectivity index (χ0v) is 20.9. The molecule has 0 aliphatic heterocycles. The minimum atomic E-state index is -2.18. The third-order valence-electron chi connectivity index (χ3n) is 6.12. The van der Waals surface area contributed by atoms with Gasteiger partial charge < -0.3 is 20.4 Å². The maximum absolute atomic E-state index is 12.0. The highest BCUT2D eigenvalue weighted by Crippen LogP contribution is 2.31. The summed E-state index contributed by atoms with van der Waals surface area (Å²) in [6.45, 7) is 2.98. The van der Waals surface area contributed by atoms with Gasteiger partial charge in [-0.3, -0.25) is 19.2 Å². The smallest absolute Gasteiger partial charge is 0.322 e. The molecule has 0 atom stereocenters. The van der Waals surface area contributed by atoms with Crippen molar-refractivity contribution in [2.45, 2.75) is 39.5 Å². The molecule has 0 amide bonds. The number of hydrogen-bond acceptors (Lipinski definition) is 4. The van der Waals surface area contributed by atoms with Gasteiger partial charge in [-0.15, -0.1) is 23.7 Å². The molecule has 0 spiro atoms. The van der Waals surface area contributed by atoms with Crippen LogP contribution in [-0.4, -0.2) is 44.3 Å².